The van der Waals surface area contributed by atoms with Crippen molar-refractivity contribution in [3.05, 3.63) is 17.5 Å². The van der Waals surface area contributed by atoms with Gasteiger partial charge in [-0.1, -0.05) is 11.6 Å². The molecule has 0 atom stereocenters. The molecule has 0 unspecified atom stereocenters. The molecule has 1 saturated heterocycles. The molecule has 2 rings (SSSR count). The largest absolute Gasteiger partial charge is 0.476 e. The summed E-state index contributed by atoms with van der Waals surface area (Å²) in [5, 5.41) is 0.317. The van der Waals surface area contributed by atoms with Crippen LogP contribution in [0.3, 0.4) is 0 Å². The zero-order valence-electron chi connectivity index (χ0n) is 13.2. The van der Waals surface area contributed by atoms with E-state index in [4.69, 9.17) is 21.1 Å². The normalized spacial score (nSPS) is 16.5. The second-order valence-corrected chi connectivity index (χ2v) is 6.79. The van der Waals surface area contributed by atoms with Crippen molar-refractivity contribution >= 4 is 17.7 Å². The first-order chi connectivity index (χ1) is 10.3. The van der Waals surface area contributed by atoms with Crippen LogP contribution in [0.25, 0.3) is 0 Å². The first kappa shape index (κ1) is 16.8. The SMILES string of the molecule is CC(C)(C)OC(=O)N1CCC(COc2cncc(Cl)n2)CC1. The number of likely N-dealkylation sites (tertiary alicyclic amines) is 1. The van der Waals surface area contributed by atoms with Crippen LogP contribution < -0.4 is 4.74 Å². The number of hydrogen-bond acceptors (Lipinski definition) is 5. The van der Waals surface area contributed by atoms with Crippen molar-refractivity contribution in [1.29, 1.82) is 0 Å². The average Bonchev–Trinajstić information content (AvgIpc) is 2.44. The van der Waals surface area contributed by atoms with Gasteiger partial charge in [-0.3, -0.25) is 4.98 Å². The molecule has 0 aliphatic carbocycles. The Morgan fingerprint density at radius 2 is 2.05 bits per heavy atom. The van der Waals surface area contributed by atoms with Gasteiger partial charge in [-0.15, -0.1) is 0 Å². The van der Waals surface area contributed by atoms with Crippen molar-refractivity contribution in [1.82, 2.24) is 14.9 Å². The Hall–Kier alpha value is -1.56. The molecule has 1 aromatic heterocycles. The first-order valence-electron chi connectivity index (χ1n) is 7.42. The van der Waals surface area contributed by atoms with Gasteiger partial charge in [-0.05, 0) is 39.5 Å². The van der Waals surface area contributed by atoms with Crippen LogP contribution in [0.5, 0.6) is 5.88 Å². The summed E-state index contributed by atoms with van der Waals surface area (Å²) >= 11 is 5.76. The molecule has 1 aromatic rings. The molecule has 0 saturated carbocycles. The highest BCUT2D eigenvalue weighted by atomic mass is 35.5. The number of nitrogens with zero attached hydrogens (tertiary/aromatic N) is 3. The summed E-state index contributed by atoms with van der Waals surface area (Å²) in [6.07, 6.45) is 4.53. The molecule has 1 aliphatic rings. The van der Waals surface area contributed by atoms with E-state index in [2.05, 4.69) is 9.97 Å². The molecule has 1 fully saturated rings. The van der Waals surface area contributed by atoms with Gasteiger partial charge in [-0.25, -0.2) is 4.79 Å². The van der Waals surface area contributed by atoms with Crippen LogP contribution in [0, 0.1) is 5.92 Å². The average molecular weight is 328 g/mol. The predicted molar refractivity (Wildman–Crippen MR) is 83.1 cm³/mol. The van der Waals surface area contributed by atoms with Crippen LogP contribution >= 0.6 is 11.6 Å². The van der Waals surface area contributed by atoms with Crippen molar-refractivity contribution in [2.75, 3.05) is 19.7 Å². The van der Waals surface area contributed by atoms with Gasteiger partial charge in [0.2, 0.25) is 5.88 Å². The Morgan fingerprint density at radius 1 is 1.36 bits per heavy atom. The Kier molecular flexibility index (Phi) is 5.45. The summed E-state index contributed by atoms with van der Waals surface area (Å²) in [6, 6.07) is 0. The Balaban J connectivity index is 1.74. The van der Waals surface area contributed by atoms with E-state index < -0.39 is 5.60 Å². The van der Waals surface area contributed by atoms with Crippen molar-refractivity contribution in [3.8, 4) is 5.88 Å². The second-order valence-electron chi connectivity index (χ2n) is 6.40. The van der Waals surface area contributed by atoms with Crippen molar-refractivity contribution in [3.63, 3.8) is 0 Å². The molecule has 2 heterocycles. The molecule has 0 spiro atoms. The smallest absolute Gasteiger partial charge is 0.410 e. The van der Waals surface area contributed by atoms with Crippen LogP contribution in [-0.4, -0.2) is 46.3 Å². The fraction of sp³-hybridized carbons (Fsp3) is 0.667. The van der Waals surface area contributed by atoms with E-state index in [0.29, 0.717) is 36.6 Å². The van der Waals surface area contributed by atoms with E-state index in [9.17, 15) is 4.79 Å². The fourth-order valence-corrected chi connectivity index (χ4v) is 2.35. The zero-order chi connectivity index (χ0) is 16.2. The number of amides is 1. The molecule has 0 bridgehead atoms. The van der Waals surface area contributed by atoms with Crippen LogP contribution in [-0.2, 0) is 4.74 Å². The summed E-state index contributed by atoms with van der Waals surface area (Å²) in [4.78, 5) is 21.7. The number of piperidine rings is 1. The summed E-state index contributed by atoms with van der Waals surface area (Å²) < 4.78 is 11.0. The van der Waals surface area contributed by atoms with Gasteiger partial charge < -0.3 is 14.4 Å². The van der Waals surface area contributed by atoms with E-state index in [-0.39, 0.29) is 6.09 Å². The minimum Gasteiger partial charge on any atom is -0.476 e. The van der Waals surface area contributed by atoms with Gasteiger partial charge in [0, 0.05) is 13.1 Å². The van der Waals surface area contributed by atoms with Crippen LogP contribution in [0.1, 0.15) is 33.6 Å². The molecule has 0 radical (unpaired) electrons. The summed E-state index contributed by atoms with van der Waals surface area (Å²) in [5.74, 6) is 0.821. The molecule has 6 nitrogen and oxygen atoms in total. The maximum Gasteiger partial charge on any atom is 0.410 e. The van der Waals surface area contributed by atoms with E-state index >= 15 is 0 Å². The summed E-state index contributed by atoms with van der Waals surface area (Å²) in [6.45, 7) is 7.54. The lowest BCUT2D eigenvalue weighted by Crippen LogP contribution is -2.42. The van der Waals surface area contributed by atoms with Gasteiger partial charge in [-0.2, -0.15) is 4.98 Å². The van der Waals surface area contributed by atoms with Gasteiger partial charge in [0.15, 0.2) is 5.15 Å². The van der Waals surface area contributed by atoms with E-state index in [0.717, 1.165) is 12.8 Å². The first-order valence-corrected chi connectivity index (χ1v) is 7.79. The molecular formula is C15H22ClN3O3. The van der Waals surface area contributed by atoms with Crippen LogP contribution in [0.2, 0.25) is 5.15 Å². The topological polar surface area (TPSA) is 64.5 Å². The Labute approximate surface area is 135 Å². The molecule has 1 amide bonds. The van der Waals surface area contributed by atoms with E-state index in [1.807, 2.05) is 20.8 Å². The third-order valence-electron chi connectivity index (χ3n) is 3.32. The number of halogens is 1. The fourth-order valence-electron chi connectivity index (χ4n) is 2.21. The minimum absolute atomic E-state index is 0.243. The highest BCUT2D eigenvalue weighted by Crippen LogP contribution is 2.21. The molecule has 122 valence electrons. The third kappa shape index (κ3) is 5.33. The highest BCUT2D eigenvalue weighted by molar-refractivity contribution is 6.29. The maximum atomic E-state index is 12.0. The summed E-state index contributed by atoms with van der Waals surface area (Å²) in [5.41, 5.74) is -0.456. The van der Waals surface area contributed by atoms with Crippen molar-refractivity contribution in [2.45, 2.75) is 39.2 Å². The Bertz CT molecular complexity index is 511. The lowest BCUT2D eigenvalue weighted by molar-refractivity contribution is 0.0164. The zero-order valence-corrected chi connectivity index (χ0v) is 14.0. The van der Waals surface area contributed by atoms with E-state index in [1.165, 1.54) is 6.20 Å². The molecular weight excluding hydrogens is 306 g/mol. The van der Waals surface area contributed by atoms with E-state index in [1.54, 1.807) is 11.1 Å². The number of hydrogen-bond donors (Lipinski definition) is 0. The minimum atomic E-state index is -0.456. The molecule has 22 heavy (non-hydrogen) atoms. The lowest BCUT2D eigenvalue weighted by atomic mass is 9.98. The van der Waals surface area contributed by atoms with Gasteiger partial charge in [0.1, 0.15) is 5.60 Å². The summed E-state index contributed by atoms with van der Waals surface area (Å²) in [7, 11) is 0. The quantitative estimate of drug-likeness (QED) is 0.853. The standard InChI is InChI=1S/C15H22ClN3O3/c1-15(2,3)22-14(20)19-6-4-11(5-7-19)10-21-13-9-17-8-12(16)18-13/h8-9,11H,4-7,10H2,1-3H3. The predicted octanol–water partition coefficient (Wildman–Crippen LogP) is 3.16. The number of carbonyl (C=O) groups is 1. The lowest BCUT2D eigenvalue weighted by Gasteiger charge is -2.33. The molecule has 1 aliphatic heterocycles. The van der Waals surface area contributed by atoms with Gasteiger partial charge in [0.25, 0.3) is 0 Å². The monoisotopic (exact) mass is 327 g/mol. The van der Waals surface area contributed by atoms with Gasteiger partial charge in [0.05, 0.1) is 19.0 Å². The van der Waals surface area contributed by atoms with Crippen molar-refractivity contribution < 1.29 is 14.3 Å². The second kappa shape index (κ2) is 7.13. The molecule has 7 heteroatoms. The molecule has 0 aromatic carbocycles. The number of aromatic nitrogens is 2. The van der Waals surface area contributed by atoms with Crippen LogP contribution in [0.4, 0.5) is 4.79 Å². The third-order valence-corrected chi connectivity index (χ3v) is 3.50. The number of carbonyl (C=O) groups excluding carboxylic acids is 1. The van der Waals surface area contributed by atoms with Crippen molar-refractivity contribution in [2.24, 2.45) is 5.92 Å². The molecule has 0 N–H and O–H groups in total. The maximum absolute atomic E-state index is 12.0. The Morgan fingerprint density at radius 3 is 2.64 bits per heavy atom. The van der Waals surface area contributed by atoms with Crippen LogP contribution in [0.15, 0.2) is 12.4 Å². The number of ether oxygens (including phenoxy) is 2. The highest BCUT2D eigenvalue weighted by Gasteiger charge is 2.27. The van der Waals surface area contributed by atoms with Gasteiger partial charge >= 0.3 is 6.09 Å². The number of rotatable bonds is 3.